The zero-order valence-electron chi connectivity index (χ0n) is 13.7. The Morgan fingerprint density at radius 1 is 0.652 bits per heavy atom. The third-order valence-corrected chi connectivity index (χ3v) is 6.44. The number of unbranched alkanes of at least 4 members (excludes halogenated alkanes) is 1. The monoisotopic (exact) mass is 320 g/mol. The van der Waals surface area contributed by atoms with Crippen molar-refractivity contribution < 1.29 is 0 Å². The highest BCUT2D eigenvalue weighted by Gasteiger charge is 2.12. The van der Waals surface area contributed by atoms with Crippen molar-refractivity contribution in [3.8, 4) is 0 Å². The summed E-state index contributed by atoms with van der Waals surface area (Å²) in [6.45, 7) is 2.25. The third-order valence-electron chi connectivity index (χ3n) is 4.02. The lowest BCUT2D eigenvalue weighted by Crippen LogP contribution is -1.91. The summed E-state index contributed by atoms with van der Waals surface area (Å²) in [5.41, 5.74) is 1.46. The van der Waals surface area contributed by atoms with Gasteiger partial charge >= 0.3 is 0 Å². The van der Waals surface area contributed by atoms with E-state index in [9.17, 15) is 0 Å². The van der Waals surface area contributed by atoms with Gasteiger partial charge in [-0.25, -0.2) is 0 Å². The first-order valence-corrected chi connectivity index (χ1v) is 9.72. The molecule has 0 heterocycles. The molecule has 0 saturated carbocycles. The van der Waals surface area contributed by atoms with E-state index in [1.807, 2.05) is 0 Å². The summed E-state index contributed by atoms with van der Waals surface area (Å²) < 4.78 is 0. The van der Waals surface area contributed by atoms with Crippen LogP contribution in [0.2, 0.25) is 0 Å². The standard InChI is InChI=1S/C22H24S/c1-2-3-11-19-12-10-17-22(18-19)23(20-13-6-4-7-14-20)21-15-8-5-9-16-21/h4-10,12-18,23H,2-3,11H2,1H3. The van der Waals surface area contributed by atoms with E-state index in [2.05, 4.69) is 91.9 Å². The molecule has 0 aliphatic heterocycles. The van der Waals surface area contributed by atoms with Gasteiger partial charge < -0.3 is 0 Å². The van der Waals surface area contributed by atoms with Crippen molar-refractivity contribution in [2.24, 2.45) is 0 Å². The largest absolute Gasteiger partial charge is 0.173 e. The van der Waals surface area contributed by atoms with Gasteiger partial charge in [0.2, 0.25) is 0 Å². The molecule has 1 heteroatoms. The second kappa shape index (κ2) is 8.03. The molecule has 0 atom stereocenters. The van der Waals surface area contributed by atoms with Crippen molar-refractivity contribution in [2.45, 2.75) is 40.9 Å². The second-order valence-electron chi connectivity index (χ2n) is 5.78. The molecule has 0 radical (unpaired) electrons. The maximum absolute atomic E-state index is 2.42. The Labute approximate surface area is 142 Å². The van der Waals surface area contributed by atoms with Crippen LogP contribution < -0.4 is 0 Å². The summed E-state index contributed by atoms with van der Waals surface area (Å²) in [6.07, 6.45) is 3.69. The summed E-state index contributed by atoms with van der Waals surface area (Å²) in [7, 11) is -0.477. The summed E-state index contributed by atoms with van der Waals surface area (Å²) in [4.78, 5) is 4.29. The van der Waals surface area contributed by atoms with Gasteiger partial charge in [-0.05, 0) is 69.5 Å². The summed E-state index contributed by atoms with van der Waals surface area (Å²) in [6, 6.07) is 31.0. The van der Waals surface area contributed by atoms with Crippen LogP contribution >= 0.6 is 10.9 Å². The quantitative estimate of drug-likeness (QED) is 0.492. The van der Waals surface area contributed by atoms with E-state index >= 15 is 0 Å². The molecule has 0 bridgehead atoms. The summed E-state index contributed by atoms with van der Waals surface area (Å²) in [5.74, 6) is 0. The van der Waals surface area contributed by atoms with Gasteiger partial charge in [0.1, 0.15) is 0 Å². The van der Waals surface area contributed by atoms with Gasteiger partial charge in [0.05, 0.1) is 0 Å². The second-order valence-corrected chi connectivity index (χ2v) is 8.00. The molecule has 23 heavy (non-hydrogen) atoms. The first-order chi connectivity index (χ1) is 11.4. The molecule has 3 aromatic carbocycles. The van der Waals surface area contributed by atoms with Crippen LogP contribution in [0, 0.1) is 0 Å². The van der Waals surface area contributed by atoms with E-state index in [0.717, 1.165) is 0 Å². The van der Waals surface area contributed by atoms with E-state index in [4.69, 9.17) is 0 Å². The number of hydrogen-bond acceptors (Lipinski definition) is 0. The van der Waals surface area contributed by atoms with Crippen molar-refractivity contribution in [3.63, 3.8) is 0 Å². The average Bonchev–Trinajstić information content (AvgIpc) is 2.62. The summed E-state index contributed by atoms with van der Waals surface area (Å²) in [5, 5.41) is 0. The molecule has 3 rings (SSSR count). The lowest BCUT2D eigenvalue weighted by Gasteiger charge is -2.24. The highest BCUT2D eigenvalue weighted by atomic mass is 32.2. The fourth-order valence-corrected chi connectivity index (χ4v) is 5.20. The van der Waals surface area contributed by atoms with E-state index in [1.54, 1.807) is 0 Å². The predicted molar refractivity (Wildman–Crippen MR) is 102 cm³/mol. The smallest absolute Gasteiger partial charge is 0.00424 e. The number of hydrogen-bond donors (Lipinski definition) is 1. The Balaban J connectivity index is 2.02. The van der Waals surface area contributed by atoms with Gasteiger partial charge in [-0.15, -0.1) is 0 Å². The molecule has 0 unspecified atom stereocenters. The SMILES string of the molecule is CCCCc1cccc([SH](c2ccccc2)c2ccccc2)c1. The van der Waals surface area contributed by atoms with Gasteiger partial charge in [0.25, 0.3) is 0 Å². The lowest BCUT2D eigenvalue weighted by atomic mass is 10.1. The van der Waals surface area contributed by atoms with Crippen LogP contribution in [0.25, 0.3) is 0 Å². The molecule has 0 aromatic heterocycles. The van der Waals surface area contributed by atoms with Crippen molar-refractivity contribution in [1.29, 1.82) is 0 Å². The molecule has 0 saturated heterocycles. The third kappa shape index (κ3) is 4.05. The van der Waals surface area contributed by atoms with Crippen LogP contribution in [0.3, 0.4) is 0 Å². The van der Waals surface area contributed by atoms with Gasteiger partial charge in [0.15, 0.2) is 0 Å². The van der Waals surface area contributed by atoms with Crippen LogP contribution in [0.5, 0.6) is 0 Å². The molecule has 0 amide bonds. The molecule has 3 aromatic rings. The normalized spacial score (nSPS) is 11.3. The molecule has 0 aliphatic carbocycles. The van der Waals surface area contributed by atoms with E-state index in [1.165, 1.54) is 39.5 Å². The number of rotatable bonds is 6. The molecule has 0 spiro atoms. The van der Waals surface area contributed by atoms with Crippen LogP contribution in [0.1, 0.15) is 25.3 Å². The lowest BCUT2D eigenvalue weighted by molar-refractivity contribution is 0.793. The van der Waals surface area contributed by atoms with Crippen LogP contribution in [-0.4, -0.2) is 0 Å². The average molecular weight is 321 g/mol. The van der Waals surface area contributed by atoms with Crippen LogP contribution in [0.4, 0.5) is 0 Å². The first kappa shape index (κ1) is 15.9. The molecule has 0 nitrogen and oxygen atoms in total. The minimum atomic E-state index is -0.477. The van der Waals surface area contributed by atoms with Crippen molar-refractivity contribution in [1.82, 2.24) is 0 Å². The Morgan fingerprint density at radius 2 is 1.22 bits per heavy atom. The molecule has 118 valence electrons. The fraction of sp³-hybridized carbons (Fsp3) is 0.182. The van der Waals surface area contributed by atoms with Crippen LogP contribution in [0.15, 0.2) is 99.6 Å². The fourth-order valence-electron chi connectivity index (χ4n) is 2.83. The molecule has 0 N–H and O–H groups in total. The minimum Gasteiger partial charge on any atom is -0.173 e. The Morgan fingerprint density at radius 3 is 1.78 bits per heavy atom. The maximum atomic E-state index is 2.42. The van der Waals surface area contributed by atoms with E-state index < -0.39 is 10.9 Å². The molecular formula is C22H24S. The van der Waals surface area contributed by atoms with E-state index in [0.29, 0.717) is 0 Å². The zero-order valence-corrected chi connectivity index (χ0v) is 14.5. The van der Waals surface area contributed by atoms with Crippen molar-refractivity contribution in [3.05, 3.63) is 90.5 Å². The number of aryl methyl sites for hydroxylation is 1. The van der Waals surface area contributed by atoms with Gasteiger partial charge in [-0.2, -0.15) is 10.9 Å². The van der Waals surface area contributed by atoms with Crippen molar-refractivity contribution in [2.75, 3.05) is 0 Å². The Kier molecular flexibility index (Phi) is 5.55. The number of thiol groups is 1. The highest BCUT2D eigenvalue weighted by molar-refractivity contribution is 8.17. The van der Waals surface area contributed by atoms with Gasteiger partial charge in [-0.1, -0.05) is 61.9 Å². The highest BCUT2D eigenvalue weighted by Crippen LogP contribution is 2.51. The molecule has 0 aliphatic rings. The van der Waals surface area contributed by atoms with Crippen LogP contribution in [-0.2, 0) is 6.42 Å². The first-order valence-electron chi connectivity index (χ1n) is 8.37. The van der Waals surface area contributed by atoms with E-state index in [-0.39, 0.29) is 0 Å². The minimum absolute atomic E-state index is 0.477. The molecular weight excluding hydrogens is 296 g/mol. The maximum Gasteiger partial charge on any atom is -0.00424 e. The van der Waals surface area contributed by atoms with Gasteiger partial charge in [-0.3, -0.25) is 0 Å². The Hall–Kier alpha value is -1.99. The molecule has 0 fully saturated rings. The van der Waals surface area contributed by atoms with Gasteiger partial charge in [0, 0.05) is 0 Å². The predicted octanol–water partition coefficient (Wildman–Crippen LogP) is 6.51. The Bertz CT molecular complexity index is 680. The topological polar surface area (TPSA) is 0 Å². The zero-order chi connectivity index (χ0) is 15.9. The summed E-state index contributed by atoms with van der Waals surface area (Å²) >= 11 is 0. The van der Waals surface area contributed by atoms with Crippen molar-refractivity contribution >= 4 is 10.9 Å². The number of benzene rings is 3.